The van der Waals surface area contributed by atoms with Crippen LogP contribution in [0.15, 0.2) is 40.1 Å². The first kappa shape index (κ1) is 18.4. The van der Waals surface area contributed by atoms with Crippen LogP contribution in [0, 0.1) is 0 Å². The molecule has 0 radical (unpaired) electrons. The molecule has 1 N–H and O–H groups in total. The maximum Gasteiger partial charge on any atom is 0.265 e. The summed E-state index contributed by atoms with van der Waals surface area (Å²) in [4.78, 5) is 0.617. The zero-order chi connectivity index (χ0) is 19.3. The second-order valence-corrected chi connectivity index (χ2v) is 9.61. The van der Waals surface area contributed by atoms with Crippen LogP contribution in [0.25, 0.3) is 22.0 Å². The second kappa shape index (κ2) is 6.60. The number of halogens is 2. The molecule has 0 unspecified atom stereocenters. The fraction of sp³-hybridized carbons (Fsp3) is 0.316. The van der Waals surface area contributed by atoms with Gasteiger partial charge in [-0.25, -0.2) is 17.2 Å². The van der Waals surface area contributed by atoms with E-state index in [2.05, 4.69) is 10.2 Å². The molecule has 1 heterocycles. The highest BCUT2D eigenvalue weighted by atomic mass is 32.2. The molecular formula is C19H18F2N2O2S2. The fourth-order valence-corrected chi connectivity index (χ4v) is 4.96. The lowest BCUT2D eigenvalue weighted by molar-refractivity contribution is 0.148. The monoisotopic (exact) mass is 408 g/mol. The van der Waals surface area contributed by atoms with Gasteiger partial charge in [0.2, 0.25) is 0 Å². The Morgan fingerprint density at radius 2 is 1.96 bits per heavy atom. The van der Waals surface area contributed by atoms with E-state index in [9.17, 15) is 17.2 Å². The standard InChI is InChI=1S/C19H18F2N2O2S2/c1-26-14-7-6-13-17(18(23-22-13)10-3-4-10)16(14)11-5-8-15(27(2,24)25)12(9-11)19(20)21/h5-10,19H,3-4H2,1-2H3,(H,22,23). The molecule has 0 spiro atoms. The normalized spacial score (nSPS) is 15.0. The number of nitrogens with zero attached hydrogens (tertiary/aromatic N) is 1. The summed E-state index contributed by atoms with van der Waals surface area (Å²) in [6.45, 7) is 0. The number of alkyl halides is 2. The Morgan fingerprint density at radius 3 is 2.56 bits per heavy atom. The van der Waals surface area contributed by atoms with Crippen LogP contribution >= 0.6 is 11.8 Å². The first-order valence-electron chi connectivity index (χ1n) is 8.48. The lowest BCUT2D eigenvalue weighted by Gasteiger charge is -2.14. The van der Waals surface area contributed by atoms with Crippen molar-refractivity contribution < 1.29 is 17.2 Å². The summed E-state index contributed by atoms with van der Waals surface area (Å²) in [6, 6.07) is 8.08. The lowest BCUT2D eigenvalue weighted by atomic mass is 9.97. The van der Waals surface area contributed by atoms with E-state index < -0.39 is 21.8 Å². The molecule has 8 heteroatoms. The van der Waals surface area contributed by atoms with Gasteiger partial charge in [0.15, 0.2) is 9.84 Å². The van der Waals surface area contributed by atoms with Gasteiger partial charge in [-0.05, 0) is 48.9 Å². The molecule has 4 rings (SSSR count). The van der Waals surface area contributed by atoms with Gasteiger partial charge in [-0.3, -0.25) is 5.10 Å². The first-order valence-corrected chi connectivity index (χ1v) is 11.6. The van der Waals surface area contributed by atoms with Crippen molar-refractivity contribution in [1.29, 1.82) is 0 Å². The number of benzene rings is 2. The SMILES string of the molecule is CSc1ccc2[nH]nc(C3CC3)c2c1-c1ccc(S(C)(=O)=O)c(C(F)F)c1. The Labute approximate surface area is 160 Å². The molecule has 0 aliphatic heterocycles. The predicted molar refractivity (Wildman–Crippen MR) is 103 cm³/mol. The van der Waals surface area contributed by atoms with Crippen LogP contribution in [-0.4, -0.2) is 31.1 Å². The third-order valence-corrected chi connectivity index (χ3v) is 6.79. The number of aromatic amines is 1. The van der Waals surface area contributed by atoms with Gasteiger partial charge >= 0.3 is 0 Å². The molecule has 0 amide bonds. The van der Waals surface area contributed by atoms with E-state index in [-0.39, 0.29) is 4.90 Å². The van der Waals surface area contributed by atoms with Crippen molar-refractivity contribution in [2.45, 2.75) is 35.0 Å². The summed E-state index contributed by atoms with van der Waals surface area (Å²) < 4.78 is 51.0. The molecular weight excluding hydrogens is 390 g/mol. The van der Waals surface area contributed by atoms with Crippen molar-refractivity contribution in [1.82, 2.24) is 10.2 Å². The molecule has 2 aromatic carbocycles. The number of hydrogen-bond acceptors (Lipinski definition) is 4. The summed E-state index contributed by atoms with van der Waals surface area (Å²) in [5.74, 6) is 0.388. The quantitative estimate of drug-likeness (QED) is 0.592. The molecule has 1 aliphatic rings. The topological polar surface area (TPSA) is 62.8 Å². The lowest BCUT2D eigenvalue weighted by Crippen LogP contribution is -2.03. The molecule has 27 heavy (non-hydrogen) atoms. The molecule has 4 nitrogen and oxygen atoms in total. The van der Waals surface area contributed by atoms with E-state index in [1.54, 1.807) is 6.07 Å². The number of fused-ring (bicyclic) bond motifs is 1. The van der Waals surface area contributed by atoms with Gasteiger partial charge in [0.1, 0.15) is 0 Å². The smallest absolute Gasteiger partial charge is 0.265 e. The largest absolute Gasteiger partial charge is 0.278 e. The van der Waals surface area contributed by atoms with Gasteiger partial charge in [0.25, 0.3) is 6.43 Å². The summed E-state index contributed by atoms with van der Waals surface area (Å²) in [5.41, 5.74) is 2.77. The number of H-pyrrole nitrogens is 1. The minimum absolute atomic E-state index is 0.325. The van der Waals surface area contributed by atoms with Gasteiger partial charge in [-0.1, -0.05) is 6.07 Å². The number of sulfone groups is 1. The van der Waals surface area contributed by atoms with Crippen molar-refractivity contribution >= 4 is 32.5 Å². The molecule has 3 aromatic rings. The van der Waals surface area contributed by atoms with Crippen molar-refractivity contribution in [3.05, 3.63) is 41.6 Å². The predicted octanol–water partition coefficient (Wildman–Crippen LogP) is 5.17. The van der Waals surface area contributed by atoms with Crippen LogP contribution in [0.5, 0.6) is 0 Å². The highest BCUT2D eigenvalue weighted by molar-refractivity contribution is 7.98. The van der Waals surface area contributed by atoms with Gasteiger partial charge in [-0.15, -0.1) is 11.8 Å². The molecule has 1 fully saturated rings. The van der Waals surface area contributed by atoms with Crippen molar-refractivity contribution in [2.24, 2.45) is 0 Å². The fourth-order valence-electron chi connectivity index (χ4n) is 3.44. The number of hydrogen-bond donors (Lipinski definition) is 1. The van der Waals surface area contributed by atoms with E-state index >= 15 is 0 Å². The molecule has 0 saturated heterocycles. The highest BCUT2D eigenvalue weighted by Crippen LogP contribution is 2.47. The maximum absolute atomic E-state index is 13.6. The van der Waals surface area contributed by atoms with E-state index in [0.29, 0.717) is 11.5 Å². The summed E-state index contributed by atoms with van der Waals surface area (Å²) in [7, 11) is -3.74. The Bertz CT molecular complexity index is 1140. The Kier molecular flexibility index (Phi) is 4.50. The first-order chi connectivity index (χ1) is 12.8. The molecule has 1 saturated carbocycles. The van der Waals surface area contributed by atoms with Crippen molar-refractivity contribution in [3.8, 4) is 11.1 Å². The zero-order valence-corrected chi connectivity index (χ0v) is 16.4. The third-order valence-electron chi connectivity index (χ3n) is 4.84. The van der Waals surface area contributed by atoms with E-state index in [1.165, 1.54) is 23.9 Å². The Morgan fingerprint density at radius 1 is 1.22 bits per heavy atom. The van der Waals surface area contributed by atoms with Crippen molar-refractivity contribution in [3.63, 3.8) is 0 Å². The Balaban J connectivity index is 2.02. The second-order valence-electron chi connectivity index (χ2n) is 6.77. The maximum atomic E-state index is 13.6. The van der Waals surface area contributed by atoms with Gasteiger partial charge < -0.3 is 0 Å². The number of nitrogens with one attached hydrogen (secondary N) is 1. The Hall–Kier alpha value is -1.93. The van der Waals surface area contributed by atoms with Crippen LogP contribution in [-0.2, 0) is 9.84 Å². The number of aromatic nitrogens is 2. The molecule has 1 aliphatic carbocycles. The molecule has 142 valence electrons. The van der Waals surface area contributed by atoms with Crippen LogP contribution in [0.4, 0.5) is 8.78 Å². The molecule has 1 aromatic heterocycles. The minimum Gasteiger partial charge on any atom is -0.278 e. The van der Waals surface area contributed by atoms with Gasteiger partial charge in [0, 0.05) is 33.6 Å². The molecule has 0 atom stereocenters. The minimum atomic E-state index is -3.74. The average Bonchev–Trinajstić information content (AvgIpc) is 3.38. The summed E-state index contributed by atoms with van der Waals surface area (Å²) in [5, 5.41) is 8.44. The molecule has 0 bridgehead atoms. The summed E-state index contributed by atoms with van der Waals surface area (Å²) >= 11 is 1.53. The number of rotatable bonds is 5. The van der Waals surface area contributed by atoms with Gasteiger partial charge in [-0.2, -0.15) is 5.10 Å². The van der Waals surface area contributed by atoms with Crippen LogP contribution < -0.4 is 0 Å². The number of thioether (sulfide) groups is 1. The third kappa shape index (κ3) is 3.25. The van der Waals surface area contributed by atoms with E-state index in [0.717, 1.165) is 46.2 Å². The van der Waals surface area contributed by atoms with Crippen LogP contribution in [0.2, 0.25) is 0 Å². The van der Waals surface area contributed by atoms with E-state index in [4.69, 9.17) is 0 Å². The van der Waals surface area contributed by atoms with Crippen LogP contribution in [0.1, 0.15) is 36.4 Å². The highest BCUT2D eigenvalue weighted by Gasteiger charge is 2.30. The van der Waals surface area contributed by atoms with E-state index in [1.807, 2.05) is 18.4 Å². The van der Waals surface area contributed by atoms with Crippen LogP contribution in [0.3, 0.4) is 0 Å². The van der Waals surface area contributed by atoms with Crippen molar-refractivity contribution in [2.75, 3.05) is 12.5 Å². The average molecular weight is 408 g/mol. The summed E-state index contributed by atoms with van der Waals surface area (Å²) in [6.07, 6.45) is 2.14. The van der Waals surface area contributed by atoms with Gasteiger partial charge in [0.05, 0.1) is 16.1 Å². The zero-order valence-electron chi connectivity index (χ0n) is 14.8.